The normalized spacial score (nSPS) is 19.2. The van der Waals surface area contributed by atoms with Crippen LogP contribution in [-0.4, -0.2) is 23.5 Å². The largest absolute Gasteiger partial charge is 0.326 e. The average molecular weight is 273 g/mol. The molecule has 98 valence electrons. The highest BCUT2D eigenvalue weighted by Gasteiger charge is 2.30. The van der Waals surface area contributed by atoms with Crippen molar-refractivity contribution in [1.29, 1.82) is 0 Å². The van der Waals surface area contributed by atoms with Crippen molar-refractivity contribution in [1.82, 2.24) is 4.98 Å². The van der Waals surface area contributed by atoms with E-state index in [1.807, 2.05) is 37.3 Å². The minimum absolute atomic E-state index is 0.0702. The van der Waals surface area contributed by atoms with Crippen LogP contribution in [0.1, 0.15) is 11.3 Å². The standard InChI is InChI=1S/C14H15N3OS/c1-9-13(10-5-3-2-4-6-10)16-14(19-9)17-8-11(15)7-12(17)18/h2-6,11H,7-8,15H2,1H3. The molecule has 0 bridgehead atoms. The Labute approximate surface area is 115 Å². The third-order valence-corrected chi connectivity index (χ3v) is 4.21. The Hall–Kier alpha value is -1.72. The lowest BCUT2D eigenvalue weighted by Crippen LogP contribution is -2.27. The molecule has 1 fully saturated rings. The van der Waals surface area contributed by atoms with Crippen molar-refractivity contribution in [3.8, 4) is 11.3 Å². The molecule has 0 spiro atoms. The van der Waals surface area contributed by atoms with Crippen LogP contribution in [0, 0.1) is 6.92 Å². The molecule has 2 heterocycles. The number of hydrogen-bond acceptors (Lipinski definition) is 4. The zero-order chi connectivity index (χ0) is 13.4. The first-order chi connectivity index (χ1) is 9.15. The number of rotatable bonds is 2. The van der Waals surface area contributed by atoms with Crippen LogP contribution in [0.15, 0.2) is 30.3 Å². The fourth-order valence-corrected chi connectivity index (χ4v) is 3.24. The minimum Gasteiger partial charge on any atom is -0.326 e. The van der Waals surface area contributed by atoms with E-state index in [0.29, 0.717) is 13.0 Å². The van der Waals surface area contributed by atoms with E-state index in [9.17, 15) is 4.79 Å². The number of carbonyl (C=O) groups excluding carboxylic acids is 1. The Kier molecular flexibility index (Phi) is 3.08. The molecule has 5 heteroatoms. The molecule has 0 saturated carbocycles. The van der Waals surface area contributed by atoms with Crippen LogP contribution in [0.2, 0.25) is 0 Å². The van der Waals surface area contributed by atoms with Gasteiger partial charge in [-0.2, -0.15) is 0 Å². The third kappa shape index (κ3) is 2.27. The molecule has 1 aliphatic heterocycles. The van der Waals surface area contributed by atoms with Crippen LogP contribution in [0.3, 0.4) is 0 Å². The van der Waals surface area contributed by atoms with Gasteiger partial charge in [0.15, 0.2) is 5.13 Å². The molecule has 1 atom stereocenters. The third-order valence-electron chi connectivity index (χ3n) is 3.22. The van der Waals surface area contributed by atoms with Gasteiger partial charge in [-0.25, -0.2) is 4.98 Å². The van der Waals surface area contributed by atoms with E-state index in [2.05, 4.69) is 4.98 Å². The summed E-state index contributed by atoms with van der Waals surface area (Å²) < 4.78 is 0. The molecule has 2 aromatic rings. The summed E-state index contributed by atoms with van der Waals surface area (Å²) in [4.78, 5) is 19.3. The quantitative estimate of drug-likeness (QED) is 0.912. The lowest BCUT2D eigenvalue weighted by atomic mass is 10.1. The molecule has 4 nitrogen and oxygen atoms in total. The van der Waals surface area contributed by atoms with Crippen LogP contribution < -0.4 is 10.6 Å². The summed E-state index contributed by atoms with van der Waals surface area (Å²) in [5, 5.41) is 0.759. The minimum atomic E-state index is -0.0723. The van der Waals surface area contributed by atoms with E-state index < -0.39 is 0 Å². The maximum Gasteiger partial charge on any atom is 0.230 e. The van der Waals surface area contributed by atoms with Crippen LogP contribution in [0.4, 0.5) is 5.13 Å². The first-order valence-electron chi connectivity index (χ1n) is 6.24. The molecule has 1 saturated heterocycles. The van der Waals surface area contributed by atoms with E-state index in [-0.39, 0.29) is 11.9 Å². The van der Waals surface area contributed by atoms with Gasteiger partial charge in [0.25, 0.3) is 0 Å². The van der Waals surface area contributed by atoms with E-state index in [0.717, 1.165) is 21.3 Å². The highest BCUT2D eigenvalue weighted by molar-refractivity contribution is 7.16. The fourth-order valence-electron chi connectivity index (χ4n) is 2.28. The van der Waals surface area contributed by atoms with Gasteiger partial charge in [0, 0.05) is 29.4 Å². The number of nitrogens with two attached hydrogens (primary N) is 1. The Morgan fingerprint density at radius 3 is 2.74 bits per heavy atom. The van der Waals surface area contributed by atoms with Crippen molar-refractivity contribution in [3.63, 3.8) is 0 Å². The van der Waals surface area contributed by atoms with Gasteiger partial charge >= 0.3 is 0 Å². The van der Waals surface area contributed by atoms with Crippen molar-refractivity contribution in [2.24, 2.45) is 5.73 Å². The van der Waals surface area contributed by atoms with Crippen LogP contribution in [0.25, 0.3) is 11.3 Å². The second kappa shape index (κ2) is 4.75. The molecular weight excluding hydrogens is 258 g/mol. The number of thiazole rings is 1. The van der Waals surface area contributed by atoms with E-state index in [1.54, 1.807) is 16.2 Å². The van der Waals surface area contributed by atoms with Crippen molar-refractivity contribution in [3.05, 3.63) is 35.2 Å². The van der Waals surface area contributed by atoms with E-state index in [4.69, 9.17) is 5.73 Å². The van der Waals surface area contributed by atoms with Crippen LogP contribution >= 0.6 is 11.3 Å². The summed E-state index contributed by atoms with van der Waals surface area (Å²) in [6.45, 7) is 2.60. The first-order valence-corrected chi connectivity index (χ1v) is 7.05. The number of anilines is 1. The highest BCUT2D eigenvalue weighted by atomic mass is 32.1. The Morgan fingerprint density at radius 2 is 2.11 bits per heavy atom. The second-order valence-corrected chi connectivity index (χ2v) is 5.92. The maximum absolute atomic E-state index is 11.9. The number of nitrogens with zero attached hydrogens (tertiary/aromatic N) is 2. The molecule has 0 aliphatic carbocycles. The number of benzene rings is 1. The van der Waals surface area contributed by atoms with E-state index >= 15 is 0 Å². The topological polar surface area (TPSA) is 59.2 Å². The fraction of sp³-hybridized carbons (Fsp3) is 0.286. The van der Waals surface area contributed by atoms with Crippen molar-refractivity contribution in [2.75, 3.05) is 11.4 Å². The number of aromatic nitrogens is 1. The molecule has 1 aromatic heterocycles. The van der Waals surface area contributed by atoms with Crippen molar-refractivity contribution in [2.45, 2.75) is 19.4 Å². The lowest BCUT2D eigenvalue weighted by Gasteiger charge is -2.11. The monoisotopic (exact) mass is 273 g/mol. The molecule has 3 rings (SSSR count). The first kappa shape index (κ1) is 12.3. The Balaban J connectivity index is 1.96. The predicted molar refractivity (Wildman–Crippen MR) is 77.2 cm³/mol. The van der Waals surface area contributed by atoms with Gasteiger partial charge in [-0.05, 0) is 6.92 Å². The number of aryl methyl sites for hydroxylation is 1. The summed E-state index contributed by atoms with van der Waals surface area (Å²) in [6.07, 6.45) is 0.416. The Morgan fingerprint density at radius 1 is 1.37 bits per heavy atom. The van der Waals surface area contributed by atoms with Crippen molar-refractivity contribution >= 4 is 22.4 Å². The molecule has 1 aromatic carbocycles. The van der Waals surface area contributed by atoms with Gasteiger partial charge in [0.2, 0.25) is 5.91 Å². The SMILES string of the molecule is Cc1sc(N2CC(N)CC2=O)nc1-c1ccccc1. The lowest BCUT2D eigenvalue weighted by molar-refractivity contribution is -0.117. The smallest absolute Gasteiger partial charge is 0.230 e. The summed E-state index contributed by atoms with van der Waals surface area (Å²) in [5.74, 6) is 0.0702. The summed E-state index contributed by atoms with van der Waals surface area (Å²) in [6, 6.07) is 9.95. The van der Waals surface area contributed by atoms with Gasteiger partial charge in [-0.15, -0.1) is 11.3 Å². The maximum atomic E-state index is 11.9. The van der Waals surface area contributed by atoms with Crippen LogP contribution in [-0.2, 0) is 4.79 Å². The van der Waals surface area contributed by atoms with E-state index in [1.165, 1.54) is 0 Å². The number of amides is 1. The molecule has 1 aliphatic rings. The molecule has 19 heavy (non-hydrogen) atoms. The zero-order valence-electron chi connectivity index (χ0n) is 10.7. The summed E-state index contributed by atoms with van der Waals surface area (Å²) >= 11 is 1.55. The number of hydrogen-bond donors (Lipinski definition) is 1. The molecule has 0 radical (unpaired) electrons. The highest BCUT2D eigenvalue weighted by Crippen LogP contribution is 2.33. The molecule has 1 unspecified atom stereocenters. The zero-order valence-corrected chi connectivity index (χ0v) is 11.5. The number of carbonyl (C=O) groups is 1. The van der Waals surface area contributed by atoms with Crippen molar-refractivity contribution < 1.29 is 4.79 Å². The van der Waals surface area contributed by atoms with Gasteiger partial charge in [-0.3, -0.25) is 9.69 Å². The molecule has 1 amide bonds. The summed E-state index contributed by atoms with van der Waals surface area (Å²) in [5.41, 5.74) is 7.86. The molecular formula is C14H15N3OS. The summed E-state index contributed by atoms with van der Waals surface area (Å²) in [7, 11) is 0. The van der Waals surface area contributed by atoms with Gasteiger partial charge in [0.1, 0.15) is 0 Å². The molecule has 2 N–H and O–H groups in total. The second-order valence-electron chi connectivity index (χ2n) is 4.74. The Bertz CT molecular complexity index is 608. The average Bonchev–Trinajstić information content (AvgIpc) is 2.93. The predicted octanol–water partition coefficient (Wildman–Crippen LogP) is 2.18. The van der Waals surface area contributed by atoms with Gasteiger partial charge in [0.05, 0.1) is 5.69 Å². The van der Waals surface area contributed by atoms with Gasteiger partial charge < -0.3 is 5.73 Å². The van der Waals surface area contributed by atoms with Gasteiger partial charge in [-0.1, -0.05) is 30.3 Å². The van der Waals surface area contributed by atoms with Crippen LogP contribution in [0.5, 0.6) is 0 Å².